The molecule has 7 nitrogen and oxygen atoms in total. The van der Waals surface area contributed by atoms with E-state index in [2.05, 4.69) is 20.9 Å². The topological polar surface area (TPSA) is 92.4 Å². The number of hydrogen-bond donors (Lipinski definition) is 3. The van der Waals surface area contributed by atoms with Crippen molar-refractivity contribution in [2.75, 3.05) is 10.6 Å². The van der Waals surface area contributed by atoms with Crippen LogP contribution in [0.15, 0.2) is 103 Å². The molecule has 0 atom stereocenters. The number of urea groups is 1. The fourth-order valence-corrected chi connectivity index (χ4v) is 3.18. The van der Waals surface area contributed by atoms with Crippen LogP contribution in [0, 0.1) is 0 Å². The van der Waals surface area contributed by atoms with E-state index in [0.717, 1.165) is 11.1 Å². The van der Waals surface area contributed by atoms with Crippen molar-refractivity contribution in [2.24, 2.45) is 0 Å². The zero-order valence-electron chi connectivity index (χ0n) is 18.4. The van der Waals surface area contributed by atoms with Gasteiger partial charge in [0, 0.05) is 35.7 Å². The van der Waals surface area contributed by atoms with Gasteiger partial charge in [-0.2, -0.15) is 0 Å². The predicted octanol–water partition coefficient (Wildman–Crippen LogP) is 5.23. The van der Waals surface area contributed by atoms with E-state index in [9.17, 15) is 9.59 Å². The average Bonchev–Trinajstić information content (AvgIpc) is 2.88. The third-order valence-corrected chi connectivity index (χ3v) is 4.92. The molecule has 0 spiro atoms. The van der Waals surface area contributed by atoms with Gasteiger partial charge in [-0.05, 0) is 53.6 Å². The molecule has 170 valence electrons. The molecule has 34 heavy (non-hydrogen) atoms. The number of para-hydroxylation sites is 1. The molecule has 0 unspecified atom stereocenters. The molecule has 7 heteroatoms. The second kappa shape index (κ2) is 11.3. The molecule has 0 fully saturated rings. The van der Waals surface area contributed by atoms with Gasteiger partial charge in [0.15, 0.2) is 0 Å². The van der Waals surface area contributed by atoms with Crippen LogP contribution in [-0.4, -0.2) is 16.9 Å². The van der Waals surface area contributed by atoms with E-state index >= 15 is 0 Å². The number of ether oxygens (including phenoxy) is 1. The Morgan fingerprint density at radius 2 is 1.38 bits per heavy atom. The number of benzene rings is 3. The van der Waals surface area contributed by atoms with Crippen LogP contribution in [0.1, 0.15) is 21.5 Å². The quantitative estimate of drug-likeness (QED) is 0.341. The Balaban J connectivity index is 1.26. The van der Waals surface area contributed by atoms with Gasteiger partial charge in [0.1, 0.15) is 6.61 Å². The SMILES string of the molecule is O=C(Nc1ccccc1)Nc1ccc(C(=O)NCc2ccnc(OCc3ccccc3)c2)cc1. The minimum absolute atomic E-state index is 0.219. The van der Waals surface area contributed by atoms with E-state index in [1.807, 2.05) is 60.7 Å². The van der Waals surface area contributed by atoms with Crippen LogP contribution >= 0.6 is 0 Å². The van der Waals surface area contributed by atoms with E-state index in [1.165, 1.54) is 0 Å². The summed E-state index contributed by atoms with van der Waals surface area (Å²) >= 11 is 0. The van der Waals surface area contributed by atoms with Crippen LogP contribution in [-0.2, 0) is 13.2 Å². The number of nitrogens with zero attached hydrogens (tertiary/aromatic N) is 1. The number of nitrogens with one attached hydrogen (secondary N) is 3. The fraction of sp³-hybridized carbons (Fsp3) is 0.0741. The summed E-state index contributed by atoms with van der Waals surface area (Å²) in [6, 6.07) is 29.0. The standard InChI is InChI=1S/C27H24N4O3/c32-26(22-11-13-24(14-12-22)31-27(33)30-23-9-5-2-6-10-23)29-18-21-15-16-28-25(17-21)34-19-20-7-3-1-4-8-20/h1-17H,18-19H2,(H,29,32)(H2,30,31,33). The van der Waals surface area contributed by atoms with Gasteiger partial charge in [-0.3, -0.25) is 4.79 Å². The van der Waals surface area contributed by atoms with Crippen LogP contribution in [0.2, 0.25) is 0 Å². The van der Waals surface area contributed by atoms with Crippen molar-refractivity contribution in [1.29, 1.82) is 0 Å². The summed E-state index contributed by atoms with van der Waals surface area (Å²) in [6.07, 6.45) is 1.66. The van der Waals surface area contributed by atoms with Gasteiger partial charge in [-0.25, -0.2) is 9.78 Å². The van der Waals surface area contributed by atoms with Gasteiger partial charge < -0.3 is 20.7 Å². The Morgan fingerprint density at radius 3 is 2.09 bits per heavy atom. The van der Waals surface area contributed by atoms with E-state index in [-0.39, 0.29) is 11.9 Å². The van der Waals surface area contributed by atoms with Crippen molar-refractivity contribution in [3.05, 3.63) is 120 Å². The third kappa shape index (κ3) is 6.67. The van der Waals surface area contributed by atoms with Crippen molar-refractivity contribution < 1.29 is 14.3 Å². The second-order valence-corrected chi connectivity index (χ2v) is 7.48. The monoisotopic (exact) mass is 452 g/mol. The fourth-order valence-electron chi connectivity index (χ4n) is 3.18. The molecular formula is C27H24N4O3. The lowest BCUT2D eigenvalue weighted by atomic mass is 10.2. The Bertz CT molecular complexity index is 1230. The maximum absolute atomic E-state index is 12.5. The summed E-state index contributed by atoms with van der Waals surface area (Å²) in [5.74, 6) is 0.281. The van der Waals surface area contributed by atoms with Crippen molar-refractivity contribution >= 4 is 23.3 Å². The Kier molecular flexibility index (Phi) is 7.48. The number of aromatic nitrogens is 1. The average molecular weight is 453 g/mol. The summed E-state index contributed by atoms with van der Waals surface area (Å²) in [5.41, 5.74) is 3.70. The van der Waals surface area contributed by atoms with E-state index < -0.39 is 0 Å². The summed E-state index contributed by atoms with van der Waals surface area (Å²) in [7, 11) is 0. The van der Waals surface area contributed by atoms with Gasteiger partial charge in [0.05, 0.1) is 0 Å². The normalized spacial score (nSPS) is 10.2. The molecule has 1 aromatic heterocycles. The largest absolute Gasteiger partial charge is 0.473 e. The maximum atomic E-state index is 12.5. The van der Waals surface area contributed by atoms with Gasteiger partial charge in [-0.15, -0.1) is 0 Å². The minimum atomic E-state index is -0.355. The van der Waals surface area contributed by atoms with Gasteiger partial charge in [0.25, 0.3) is 5.91 Å². The minimum Gasteiger partial charge on any atom is -0.473 e. The first-order valence-electron chi connectivity index (χ1n) is 10.8. The molecule has 3 aromatic carbocycles. The number of pyridine rings is 1. The highest BCUT2D eigenvalue weighted by Gasteiger charge is 2.08. The van der Waals surface area contributed by atoms with Gasteiger partial charge >= 0.3 is 6.03 Å². The Hall–Kier alpha value is -4.65. The summed E-state index contributed by atoms with van der Waals surface area (Å²) in [6.45, 7) is 0.760. The summed E-state index contributed by atoms with van der Waals surface area (Å²) in [5, 5.41) is 8.37. The highest BCUT2D eigenvalue weighted by Crippen LogP contribution is 2.14. The first kappa shape index (κ1) is 22.5. The number of amides is 3. The lowest BCUT2D eigenvalue weighted by Gasteiger charge is -2.10. The van der Waals surface area contributed by atoms with Crippen molar-refractivity contribution in [1.82, 2.24) is 10.3 Å². The number of carbonyl (C=O) groups excluding carboxylic acids is 2. The molecule has 0 radical (unpaired) electrons. The molecule has 4 aromatic rings. The molecule has 0 aliphatic heterocycles. The highest BCUT2D eigenvalue weighted by atomic mass is 16.5. The maximum Gasteiger partial charge on any atom is 0.323 e. The second-order valence-electron chi connectivity index (χ2n) is 7.48. The Morgan fingerprint density at radius 1 is 0.735 bits per heavy atom. The lowest BCUT2D eigenvalue weighted by Crippen LogP contribution is -2.23. The molecule has 0 aliphatic carbocycles. The van der Waals surface area contributed by atoms with E-state index in [4.69, 9.17) is 4.74 Å². The molecule has 4 rings (SSSR count). The molecule has 0 bridgehead atoms. The van der Waals surface area contributed by atoms with E-state index in [1.54, 1.807) is 42.6 Å². The van der Waals surface area contributed by atoms with Crippen LogP contribution in [0.4, 0.5) is 16.2 Å². The van der Waals surface area contributed by atoms with Crippen LogP contribution in [0.5, 0.6) is 5.88 Å². The lowest BCUT2D eigenvalue weighted by molar-refractivity contribution is 0.0951. The zero-order valence-corrected chi connectivity index (χ0v) is 18.4. The number of anilines is 2. The Labute approximate surface area is 197 Å². The van der Waals surface area contributed by atoms with E-state index in [0.29, 0.717) is 36.0 Å². The van der Waals surface area contributed by atoms with Crippen molar-refractivity contribution in [3.63, 3.8) is 0 Å². The first-order valence-corrected chi connectivity index (χ1v) is 10.8. The summed E-state index contributed by atoms with van der Waals surface area (Å²) in [4.78, 5) is 28.9. The number of rotatable bonds is 8. The smallest absolute Gasteiger partial charge is 0.323 e. The highest BCUT2D eigenvalue weighted by molar-refractivity contribution is 6.00. The molecule has 0 saturated carbocycles. The van der Waals surface area contributed by atoms with Crippen LogP contribution < -0.4 is 20.7 Å². The van der Waals surface area contributed by atoms with Crippen molar-refractivity contribution in [3.8, 4) is 5.88 Å². The number of carbonyl (C=O) groups is 2. The third-order valence-electron chi connectivity index (χ3n) is 4.92. The first-order chi connectivity index (χ1) is 16.7. The molecule has 0 saturated heterocycles. The van der Waals surface area contributed by atoms with Crippen molar-refractivity contribution in [2.45, 2.75) is 13.2 Å². The van der Waals surface area contributed by atoms with Gasteiger partial charge in [0.2, 0.25) is 5.88 Å². The van der Waals surface area contributed by atoms with Crippen LogP contribution in [0.25, 0.3) is 0 Å². The van der Waals surface area contributed by atoms with Gasteiger partial charge in [-0.1, -0.05) is 48.5 Å². The molecule has 1 heterocycles. The molecule has 3 N–H and O–H groups in total. The predicted molar refractivity (Wildman–Crippen MR) is 132 cm³/mol. The molecular weight excluding hydrogens is 428 g/mol. The summed E-state index contributed by atoms with van der Waals surface area (Å²) < 4.78 is 5.74. The van der Waals surface area contributed by atoms with Crippen LogP contribution in [0.3, 0.4) is 0 Å². The molecule has 3 amide bonds. The number of hydrogen-bond acceptors (Lipinski definition) is 4. The zero-order chi connectivity index (χ0) is 23.6. The molecule has 0 aliphatic rings.